The Bertz CT molecular complexity index is 1240. The van der Waals surface area contributed by atoms with E-state index < -0.39 is 11.7 Å². The van der Waals surface area contributed by atoms with Crippen molar-refractivity contribution in [3.63, 3.8) is 0 Å². The number of alkyl halides is 3. The van der Waals surface area contributed by atoms with Crippen LogP contribution in [0.2, 0.25) is 0 Å². The molecule has 0 saturated heterocycles. The summed E-state index contributed by atoms with van der Waals surface area (Å²) in [6, 6.07) is 19.5. The molecule has 33 heavy (non-hydrogen) atoms. The summed E-state index contributed by atoms with van der Waals surface area (Å²) in [6.45, 7) is -0.0523. The van der Waals surface area contributed by atoms with Crippen molar-refractivity contribution < 1.29 is 27.4 Å². The Morgan fingerprint density at radius 3 is 2.48 bits per heavy atom. The lowest BCUT2D eigenvalue weighted by Gasteiger charge is -2.13. The minimum absolute atomic E-state index is 0.0523. The normalized spacial score (nSPS) is 15.0. The van der Waals surface area contributed by atoms with Crippen molar-refractivity contribution in [1.82, 2.24) is 0 Å². The summed E-state index contributed by atoms with van der Waals surface area (Å²) in [5.41, 5.74) is 1.23. The van der Waals surface area contributed by atoms with E-state index in [-0.39, 0.29) is 12.5 Å². The molecule has 0 bridgehead atoms. The predicted molar refractivity (Wildman–Crippen MR) is 122 cm³/mol. The highest BCUT2D eigenvalue weighted by molar-refractivity contribution is 8.19. The van der Waals surface area contributed by atoms with Gasteiger partial charge in [0.1, 0.15) is 11.7 Å². The predicted octanol–water partition coefficient (Wildman–Crippen LogP) is 6.35. The zero-order valence-electron chi connectivity index (χ0n) is 17.4. The summed E-state index contributed by atoms with van der Waals surface area (Å²) in [5, 5.41) is 0.639. The Hall–Kier alpha value is -3.52. The Kier molecular flexibility index (Phi) is 6.55. The Labute approximate surface area is 192 Å². The number of ether oxygens (including phenoxy) is 2. The molecule has 168 valence electrons. The minimum atomic E-state index is -4.41. The van der Waals surface area contributed by atoms with Gasteiger partial charge in [0.15, 0.2) is 11.5 Å². The van der Waals surface area contributed by atoms with Crippen LogP contribution in [0.5, 0.6) is 11.5 Å². The van der Waals surface area contributed by atoms with Crippen LogP contribution in [0.1, 0.15) is 22.3 Å². The van der Waals surface area contributed by atoms with E-state index in [1.165, 1.54) is 24.9 Å². The van der Waals surface area contributed by atoms with Crippen LogP contribution in [0.4, 0.5) is 13.2 Å². The third-order valence-corrected chi connectivity index (χ3v) is 5.81. The van der Waals surface area contributed by atoms with Crippen molar-refractivity contribution in [2.75, 3.05) is 7.11 Å². The molecule has 0 fully saturated rings. The molecule has 0 radical (unpaired) electrons. The van der Waals surface area contributed by atoms with Crippen LogP contribution in [0, 0.1) is 0 Å². The highest BCUT2D eigenvalue weighted by Crippen LogP contribution is 2.35. The number of hydrogen-bond donors (Lipinski definition) is 0. The maximum atomic E-state index is 12.9. The maximum Gasteiger partial charge on any atom is 0.416 e. The number of nitrogens with zero attached hydrogens (tertiary/aromatic N) is 1. The second kappa shape index (κ2) is 9.54. The van der Waals surface area contributed by atoms with E-state index in [4.69, 9.17) is 9.47 Å². The lowest BCUT2D eigenvalue weighted by atomic mass is 10.1. The molecule has 1 amide bonds. The molecular weight excluding hydrogens is 451 g/mol. The minimum Gasteiger partial charge on any atom is -0.493 e. The van der Waals surface area contributed by atoms with Gasteiger partial charge in [0.25, 0.3) is 5.91 Å². The molecular formula is C25H18F3NO3S. The number of rotatable bonds is 6. The van der Waals surface area contributed by atoms with Gasteiger partial charge in [-0.25, -0.2) is 4.99 Å². The molecule has 0 aliphatic carbocycles. The number of benzene rings is 3. The zero-order valence-corrected chi connectivity index (χ0v) is 18.2. The van der Waals surface area contributed by atoms with Crippen LogP contribution < -0.4 is 9.47 Å². The second-order valence-corrected chi connectivity index (χ2v) is 8.13. The summed E-state index contributed by atoms with van der Waals surface area (Å²) >= 11 is 1.29. The van der Waals surface area contributed by atoms with Crippen LogP contribution in [-0.4, -0.2) is 18.1 Å². The largest absolute Gasteiger partial charge is 0.493 e. The van der Waals surface area contributed by atoms with Gasteiger partial charge in [0.2, 0.25) is 0 Å². The Balaban J connectivity index is 1.48. The molecule has 0 N–H and O–H groups in total. The molecule has 0 atom stereocenters. The molecule has 3 aromatic carbocycles. The van der Waals surface area contributed by atoms with Gasteiger partial charge >= 0.3 is 6.18 Å². The van der Waals surface area contributed by atoms with E-state index in [2.05, 4.69) is 4.99 Å². The first-order valence-corrected chi connectivity index (χ1v) is 10.7. The van der Waals surface area contributed by atoms with E-state index in [1.807, 2.05) is 30.3 Å². The fourth-order valence-electron chi connectivity index (χ4n) is 3.16. The van der Waals surface area contributed by atoms with Gasteiger partial charge in [-0.05, 0) is 41.5 Å². The number of thioether (sulfide) groups is 1. The van der Waals surface area contributed by atoms with Crippen molar-refractivity contribution in [1.29, 1.82) is 0 Å². The van der Waals surface area contributed by atoms with Crippen LogP contribution in [0.25, 0.3) is 6.08 Å². The van der Waals surface area contributed by atoms with Crippen molar-refractivity contribution in [3.05, 3.63) is 100.0 Å². The van der Waals surface area contributed by atoms with Crippen molar-refractivity contribution in [2.24, 2.45) is 4.99 Å². The molecule has 1 aliphatic rings. The maximum absolute atomic E-state index is 12.9. The van der Waals surface area contributed by atoms with Gasteiger partial charge in [-0.1, -0.05) is 60.3 Å². The molecule has 0 unspecified atom stereocenters. The Morgan fingerprint density at radius 2 is 1.76 bits per heavy atom. The highest BCUT2D eigenvalue weighted by Gasteiger charge is 2.30. The van der Waals surface area contributed by atoms with Crippen molar-refractivity contribution >= 4 is 28.8 Å². The van der Waals surface area contributed by atoms with E-state index in [0.717, 1.165) is 17.7 Å². The number of amides is 1. The van der Waals surface area contributed by atoms with Crippen molar-refractivity contribution in [3.8, 4) is 11.5 Å². The van der Waals surface area contributed by atoms with Crippen molar-refractivity contribution in [2.45, 2.75) is 12.8 Å². The van der Waals surface area contributed by atoms with Gasteiger partial charge in [-0.3, -0.25) is 4.79 Å². The summed E-state index contributed by atoms with van der Waals surface area (Å²) in [5.74, 6) is 0.461. The molecule has 4 rings (SSSR count). The zero-order chi connectivity index (χ0) is 23.4. The van der Waals surface area contributed by atoms with Crippen LogP contribution in [0.15, 0.2) is 82.7 Å². The smallest absolute Gasteiger partial charge is 0.416 e. The average Bonchev–Trinajstić information content (AvgIpc) is 3.18. The molecule has 1 aliphatic heterocycles. The van der Waals surface area contributed by atoms with Crippen LogP contribution in [0.3, 0.4) is 0 Å². The average molecular weight is 469 g/mol. The van der Waals surface area contributed by atoms with Crippen LogP contribution >= 0.6 is 11.8 Å². The Morgan fingerprint density at radius 1 is 0.970 bits per heavy atom. The molecule has 0 aromatic heterocycles. The first-order chi connectivity index (χ1) is 15.8. The molecule has 8 heteroatoms. The lowest BCUT2D eigenvalue weighted by Crippen LogP contribution is -2.06. The number of methoxy groups -OCH3 is 1. The van der Waals surface area contributed by atoms with Gasteiger partial charge in [-0.15, -0.1) is 0 Å². The van der Waals surface area contributed by atoms with Gasteiger partial charge < -0.3 is 9.47 Å². The molecule has 4 nitrogen and oxygen atoms in total. The van der Waals surface area contributed by atoms with Gasteiger partial charge in [0, 0.05) is 5.56 Å². The first-order valence-electron chi connectivity index (χ1n) is 9.88. The highest BCUT2D eigenvalue weighted by atomic mass is 32.2. The number of halogens is 3. The molecule has 0 saturated carbocycles. The number of aliphatic imine (C=N–C) groups is 1. The monoisotopic (exact) mass is 469 g/mol. The number of hydrogen-bond acceptors (Lipinski definition) is 4. The third-order valence-electron chi connectivity index (χ3n) is 4.78. The summed E-state index contributed by atoms with van der Waals surface area (Å²) in [6.07, 6.45) is -2.70. The van der Waals surface area contributed by atoms with Gasteiger partial charge in [-0.2, -0.15) is 13.2 Å². The molecule has 0 spiro atoms. The summed E-state index contributed by atoms with van der Waals surface area (Å²) in [7, 11) is 1.47. The summed E-state index contributed by atoms with van der Waals surface area (Å²) < 4.78 is 49.8. The van der Waals surface area contributed by atoms with E-state index in [1.54, 1.807) is 30.3 Å². The molecule has 1 heterocycles. The number of carbonyl (C=O) groups is 1. The third kappa shape index (κ3) is 5.46. The molecule has 3 aromatic rings. The quantitative estimate of drug-likeness (QED) is 0.395. The SMILES string of the molecule is COc1cc(C=C2SC(c3ccccc3)=NC2=O)ccc1OCc1cccc(C(F)(F)F)c1. The standard InChI is InChI=1S/C25H18F3NO3S/c1-31-21-13-16(14-22-23(30)29-24(33-22)18-7-3-2-4-8-18)10-11-20(21)32-15-17-6-5-9-19(12-17)25(26,27)28/h2-14H,15H2,1H3. The lowest BCUT2D eigenvalue weighted by molar-refractivity contribution is -0.137. The summed E-state index contributed by atoms with van der Waals surface area (Å²) in [4.78, 5) is 16.9. The van der Waals surface area contributed by atoms with Gasteiger partial charge in [0.05, 0.1) is 17.6 Å². The van der Waals surface area contributed by atoms with E-state index >= 15 is 0 Å². The first kappa shape index (κ1) is 22.7. The van der Waals surface area contributed by atoms with Crippen LogP contribution in [-0.2, 0) is 17.6 Å². The fourth-order valence-corrected chi connectivity index (χ4v) is 4.08. The van der Waals surface area contributed by atoms with E-state index in [0.29, 0.717) is 32.6 Å². The second-order valence-electron chi connectivity index (χ2n) is 7.10. The van der Waals surface area contributed by atoms with E-state index in [9.17, 15) is 18.0 Å². The fraction of sp³-hybridized carbons (Fsp3) is 0.120. The topological polar surface area (TPSA) is 47.9 Å². The number of carbonyl (C=O) groups excluding carboxylic acids is 1.